The van der Waals surface area contributed by atoms with Crippen LogP contribution in [0.4, 0.5) is 34.6 Å². The second-order valence-electron chi connectivity index (χ2n) is 20.4. The third kappa shape index (κ3) is 24.4. The van der Waals surface area contributed by atoms with E-state index in [1.165, 1.54) is 34.3 Å². The molecule has 0 amide bonds. The Labute approximate surface area is 555 Å². The van der Waals surface area contributed by atoms with Gasteiger partial charge in [-0.05, 0) is 166 Å². The molecule has 9 N–H and O–H groups in total. The summed E-state index contributed by atoms with van der Waals surface area (Å²) in [7, 11) is 7.76. The van der Waals surface area contributed by atoms with Gasteiger partial charge in [0.25, 0.3) is 0 Å². The smallest absolute Gasteiger partial charge is 0.337 e. The number of carboxylic acids is 1. The quantitative estimate of drug-likeness (QED) is 0.0106. The number of Topliss-reactive ketones (excluding diaryl/α,β-unsaturated/α-hetero) is 1. The number of methoxy groups -OCH3 is 3. The third-order valence-electron chi connectivity index (χ3n) is 13.0. The van der Waals surface area contributed by atoms with Crippen molar-refractivity contribution in [3.05, 3.63) is 263 Å². The summed E-state index contributed by atoms with van der Waals surface area (Å²) in [5.41, 5.74) is 28.6. The highest BCUT2D eigenvalue weighted by Gasteiger charge is 2.13. The highest BCUT2D eigenvalue weighted by Crippen LogP contribution is 2.25. The van der Waals surface area contributed by atoms with Crippen molar-refractivity contribution in [1.82, 2.24) is 44.8 Å². The third-order valence-corrected chi connectivity index (χ3v) is 13.0. The molecule has 0 spiro atoms. The zero-order valence-electron chi connectivity index (χ0n) is 54.5. The normalized spacial score (nSPS) is 9.94. The van der Waals surface area contributed by atoms with Crippen LogP contribution in [-0.2, 0) is 14.2 Å². The van der Waals surface area contributed by atoms with Crippen molar-refractivity contribution in [3.63, 3.8) is 0 Å². The topological polar surface area (TPSA) is 371 Å². The molecule has 0 saturated carbocycles. The number of ether oxygens (including phenoxy) is 3. The van der Waals surface area contributed by atoms with Crippen LogP contribution in [0.1, 0.15) is 91.3 Å². The van der Waals surface area contributed by atoms with Crippen LogP contribution >= 0.6 is 0 Å². The Morgan fingerprint density at radius 3 is 1.31 bits per heavy atom. The first-order chi connectivity index (χ1) is 46.0. The van der Waals surface area contributed by atoms with E-state index >= 15 is 0 Å². The molecule has 0 aliphatic heterocycles. The number of carboxylic acid groups (broad SMARTS) is 1. The van der Waals surface area contributed by atoms with Crippen LogP contribution in [0.3, 0.4) is 0 Å². The Bertz CT molecular complexity index is 4290. The standard InChI is InChI=1S/C18H16N4O2.C17H14N4O2.C10H13N3O2.C10H12N2O.C9H11NO2.C7H7NO/c1-12-5-6-13(17(23)24-2)10-16(12)22-18-20-9-7-15(21-18)14-4-3-8-19-11-14;1-11-4-5-12(16(22)23)9-15(11)21-17-19-8-6-14(20-17)13-3-2-7-18-10-13;1-6-3-4-7(9(14)15-2)5-8(6)13-10(11)12;1-12(2)7-5-10(13)9-4-3-6-11-8-9;1-6-3-4-7(5-8(6)10)9(11)12-2;1-6(9)7-3-2-4-8-5-7/h3-11H,1-2H3,(H,20,21,22);2-10H,1H3,(H,22,23)(H,19,20,21);3-5H,1-2H3,(H4,11,12,13);3-8H,1-2H3;3-5H,10H2,1-2H3;2-5H,1H3/b;;;7-5+;;. The maximum atomic E-state index is 11.7. The fourth-order valence-electron chi connectivity index (χ4n) is 7.71. The summed E-state index contributed by atoms with van der Waals surface area (Å²) in [4.78, 5) is 106. The number of esters is 3. The van der Waals surface area contributed by atoms with Gasteiger partial charge >= 0.3 is 23.9 Å². The minimum atomic E-state index is -0.974. The molecule has 0 bridgehead atoms. The van der Waals surface area contributed by atoms with E-state index in [2.05, 4.69) is 65.0 Å². The van der Waals surface area contributed by atoms with E-state index in [-0.39, 0.29) is 35.0 Å². The highest BCUT2D eigenvalue weighted by molar-refractivity contribution is 6.04. The molecular weight excluding hydrogens is 1220 g/mol. The summed E-state index contributed by atoms with van der Waals surface area (Å²) in [6, 6.07) is 38.4. The lowest BCUT2D eigenvalue weighted by Crippen LogP contribution is -2.22. The van der Waals surface area contributed by atoms with Crippen LogP contribution in [-0.4, -0.2) is 127 Å². The molecule has 4 aromatic carbocycles. The van der Waals surface area contributed by atoms with Gasteiger partial charge in [-0.2, -0.15) is 0 Å². The minimum Gasteiger partial charge on any atom is -0.478 e. The number of aryl methyl sites for hydroxylation is 4. The van der Waals surface area contributed by atoms with Gasteiger partial charge < -0.3 is 52.1 Å². The summed E-state index contributed by atoms with van der Waals surface area (Å²) in [6.07, 6.45) is 19.9. The average Bonchev–Trinajstić information content (AvgIpc) is 0.890. The molecule has 10 rings (SSSR count). The number of ketones is 2. The Morgan fingerprint density at radius 2 is 0.917 bits per heavy atom. The van der Waals surface area contributed by atoms with Gasteiger partial charge in [0.05, 0.1) is 60.7 Å². The predicted molar refractivity (Wildman–Crippen MR) is 368 cm³/mol. The van der Waals surface area contributed by atoms with Gasteiger partial charge in [-0.25, -0.2) is 44.1 Å². The Morgan fingerprint density at radius 1 is 0.500 bits per heavy atom. The van der Waals surface area contributed by atoms with Gasteiger partial charge in [-0.1, -0.05) is 24.3 Å². The molecule has 25 nitrogen and oxygen atoms in total. The zero-order valence-corrected chi connectivity index (χ0v) is 54.5. The lowest BCUT2D eigenvalue weighted by atomic mass is 10.1. The Balaban J connectivity index is 0.000000215. The summed E-state index contributed by atoms with van der Waals surface area (Å²) in [5, 5.41) is 15.3. The molecule has 10 aromatic rings. The van der Waals surface area contributed by atoms with Crippen LogP contribution in [0, 0.1) is 27.7 Å². The first-order valence-corrected chi connectivity index (χ1v) is 29.0. The summed E-state index contributed by atoms with van der Waals surface area (Å²) >= 11 is 0. The number of aliphatic imine (C=N–C) groups is 1. The van der Waals surface area contributed by atoms with Gasteiger partial charge in [0, 0.05) is 128 Å². The number of benzene rings is 4. The van der Waals surface area contributed by atoms with E-state index in [9.17, 15) is 28.8 Å². The molecule has 0 saturated heterocycles. The van der Waals surface area contributed by atoms with Crippen molar-refractivity contribution in [2.45, 2.75) is 34.6 Å². The van der Waals surface area contributed by atoms with Crippen molar-refractivity contribution >= 4 is 76.0 Å². The number of nitrogen functional groups attached to an aromatic ring is 1. The fourth-order valence-corrected chi connectivity index (χ4v) is 7.71. The average molecular weight is 1300 g/mol. The molecule has 0 atom stereocenters. The highest BCUT2D eigenvalue weighted by atomic mass is 16.5. The van der Waals surface area contributed by atoms with Crippen molar-refractivity contribution in [3.8, 4) is 22.5 Å². The van der Waals surface area contributed by atoms with Crippen LogP contribution in [0.25, 0.3) is 22.5 Å². The minimum absolute atomic E-state index is 0.0261. The van der Waals surface area contributed by atoms with E-state index in [1.807, 2.05) is 83.1 Å². The van der Waals surface area contributed by atoms with Crippen LogP contribution in [0.2, 0.25) is 0 Å². The number of anilines is 5. The number of hydrogen-bond donors (Lipinski definition) is 6. The van der Waals surface area contributed by atoms with Crippen LogP contribution in [0.5, 0.6) is 0 Å². The number of hydrogen-bond acceptors (Lipinski definition) is 22. The lowest BCUT2D eigenvalue weighted by Gasteiger charge is -2.10. The molecule has 25 heteroatoms. The van der Waals surface area contributed by atoms with Gasteiger partial charge in [-0.3, -0.25) is 29.5 Å². The maximum Gasteiger partial charge on any atom is 0.337 e. The van der Waals surface area contributed by atoms with Crippen molar-refractivity contribution in [2.75, 3.05) is 51.8 Å². The first-order valence-electron chi connectivity index (χ1n) is 29.0. The van der Waals surface area contributed by atoms with Gasteiger partial charge in [0.2, 0.25) is 11.9 Å². The van der Waals surface area contributed by atoms with E-state index in [1.54, 1.807) is 165 Å². The van der Waals surface area contributed by atoms with Gasteiger partial charge in [0.15, 0.2) is 17.5 Å². The number of carbonyl (C=O) groups excluding carboxylic acids is 5. The number of carbonyl (C=O) groups is 6. The summed E-state index contributed by atoms with van der Waals surface area (Å²) in [6.45, 7) is 9.09. The molecule has 0 radical (unpaired) electrons. The molecule has 0 aliphatic rings. The number of pyridine rings is 4. The van der Waals surface area contributed by atoms with E-state index in [4.69, 9.17) is 27.0 Å². The number of nitrogens with zero attached hydrogens (tertiary/aromatic N) is 10. The van der Waals surface area contributed by atoms with E-state index in [0.717, 1.165) is 50.5 Å². The number of nitrogens with one attached hydrogen (secondary N) is 2. The fraction of sp³-hybridized carbons (Fsp3) is 0.141. The SMILES string of the molecule is CC(=O)c1cccnc1.CN(C)/C=C/C(=O)c1cccnc1.COC(=O)c1ccc(C)c(N)c1.COC(=O)c1ccc(C)c(N=C(N)N)c1.COC(=O)c1ccc(C)c(Nc2nccc(-c3cccnc3)n2)c1.Cc1ccc(C(=O)O)cc1Nc1nccc(-c2cccnc2)n1. The zero-order chi connectivity index (χ0) is 70.1. The number of allylic oxidation sites excluding steroid dienone is 1. The molecular formula is C71H73N15O10. The Hall–Kier alpha value is -12.9. The molecule has 6 heterocycles. The summed E-state index contributed by atoms with van der Waals surface area (Å²) in [5.74, 6) is -1.30. The number of aromatic nitrogens is 8. The molecule has 0 unspecified atom stereocenters. The number of guanidine groups is 1. The van der Waals surface area contributed by atoms with Gasteiger partial charge in [-0.15, -0.1) is 0 Å². The molecule has 0 fully saturated rings. The lowest BCUT2D eigenvalue weighted by molar-refractivity contribution is 0.0592. The monoisotopic (exact) mass is 1300 g/mol. The molecule has 0 aliphatic carbocycles. The van der Waals surface area contributed by atoms with E-state index < -0.39 is 11.9 Å². The second kappa shape index (κ2) is 38.0. The number of rotatable bonds is 15. The van der Waals surface area contributed by atoms with Gasteiger partial charge in [0.1, 0.15) is 0 Å². The second-order valence-corrected chi connectivity index (χ2v) is 20.4. The molecule has 6 aromatic heterocycles. The largest absolute Gasteiger partial charge is 0.478 e. The van der Waals surface area contributed by atoms with E-state index in [0.29, 0.717) is 56.8 Å². The maximum absolute atomic E-state index is 11.7. The Kier molecular flexibility index (Phi) is 29.2. The number of aromatic carboxylic acids is 1. The predicted octanol–water partition coefficient (Wildman–Crippen LogP) is 11.3. The van der Waals surface area contributed by atoms with Crippen molar-refractivity contribution in [2.24, 2.45) is 16.5 Å². The number of nitrogens with two attached hydrogens (primary N) is 3. The van der Waals surface area contributed by atoms with Crippen molar-refractivity contribution in [1.29, 1.82) is 0 Å². The molecule has 492 valence electrons. The van der Waals surface area contributed by atoms with Crippen LogP contribution in [0.15, 0.2) is 213 Å². The summed E-state index contributed by atoms with van der Waals surface area (Å²) < 4.78 is 13.9. The first kappa shape index (κ1) is 73.8. The van der Waals surface area contributed by atoms with Crippen LogP contribution < -0.4 is 27.8 Å². The molecule has 96 heavy (non-hydrogen) atoms. The van der Waals surface area contributed by atoms with Crippen molar-refractivity contribution < 1.29 is 48.1 Å².